The van der Waals surface area contributed by atoms with Crippen LogP contribution in [-0.4, -0.2) is 26.4 Å². The Kier molecular flexibility index (Phi) is 4.94. The normalized spacial score (nSPS) is 10.8. The van der Waals surface area contributed by atoms with Crippen LogP contribution in [0.1, 0.15) is 18.4 Å². The first-order chi connectivity index (χ1) is 9.62. The van der Waals surface area contributed by atoms with Crippen molar-refractivity contribution in [3.05, 3.63) is 23.7 Å². The van der Waals surface area contributed by atoms with E-state index in [1.54, 1.807) is 6.07 Å². The molecule has 108 valence electrons. The summed E-state index contributed by atoms with van der Waals surface area (Å²) in [5.41, 5.74) is 3.52. The molecule has 0 spiro atoms. The Balaban J connectivity index is 2.23. The molecular formula is C12H18N6OS. The van der Waals surface area contributed by atoms with Crippen LogP contribution >= 0.6 is 11.8 Å². The Bertz CT molecular complexity index is 585. The van der Waals surface area contributed by atoms with E-state index in [-0.39, 0.29) is 0 Å². The van der Waals surface area contributed by atoms with Gasteiger partial charge >= 0.3 is 0 Å². The fourth-order valence-electron chi connectivity index (χ4n) is 1.65. The fourth-order valence-corrected chi connectivity index (χ4v) is 2.58. The van der Waals surface area contributed by atoms with Gasteiger partial charge in [-0.05, 0) is 19.9 Å². The zero-order valence-electron chi connectivity index (χ0n) is 11.8. The largest absolute Gasteiger partial charge is 0.374 e. The first-order valence-corrected chi connectivity index (χ1v) is 7.04. The Morgan fingerprint density at radius 3 is 2.80 bits per heavy atom. The molecular weight excluding hydrogens is 276 g/mol. The smallest absolute Gasteiger partial charge is 0.157 e. The van der Waals surface area contributed by atoms with Crippen LogP contribution in [0.2, 0.25) is 0 Å². The Morgan fingerprint density at radius 2 is 2.20 bits per heavy atom. The highest BCUT2D eigenvalue weighted by molar-refractivity contribution is 7.99. The van der Waals surface area contributed by atoms with E-state index in [1.165, 1.54) is 11.8 Å². The second kappa shape index (κ2) is 6.69. The molecule has 0 amide bonds. The number of ether oxygens (including phenoxy) is 1. The third-order valence-corrected chi connectivity index (χ3v) is 3.51. The third kappa shape index (κ3) is 3.69. The van der Waals surface area contributed by atoms with Crippen molar-refractivity contribution in [1.29, 1.82) is 0 Å². The summed E-state index contributed by atoms with van der Waals surface area (Å²) >= 11 is 1.51. The number of anilines is 1. The molecule has 20 heavy (non-hydrogen) atoms. The van der Waals surface area contributed by atoms with Crippen molar-refractivity contribution in [3.63, 3.8) is 0 Å². The van der Waals surface area contributed by atoms with E-state index in [0.717, 1.165) is 15.7 Å². The Labute approximate surface area is 121 Å². The number of hydrogen-bond donors (Lipinski definition) is 2. The summed E-state index contributed by atoms with van der Waals surface area (Å²) in [6.07, 6.45) is 0. The van der Waals surface area contributed by atoms with Gasteiger partial charge in [0.25, 0.3) is 0 Å². The maximum absolute atomic E-state index is 5.44. The summed E-state index contributed by atoms with van der Waals surface area (Å²) in [7, 11) is 1.90. The van der Waals surface area contributed by atoms with Crippen molar-refractivity contribution in [2.75, 3.05) is 12.0 Å². The molecule has 0 saturated carbocycles. The molecule has 0 aliphatic carbocycles. The highest BCUT2D eigenvalue weighted by Gasteiger charge is 2.09. The van der Waals surface area contributed by atoms with Crippen LogP contribution < -0.4 is 11.3 Å². The molecule has 0 saturated heterocycles. The van der Waals surface area contributed by atoms with Gasteiger partial charge in [-0.2, -0.15) is 5.10 Å². The zero-order valence-corrected chi connectivity index (χ0v) is 12.6. The Morgan fingerprint density at radius 1 is 1.40 bits per heavy atom. The van der Waals surface area contributed by atoms with E-state index < -0.39 is 0 Å². The molecule has 2 aromatic heterocycles. The predicted molar refractivity (Wildman–Crippen MR) is 77.2 cm³/mol. The summed E-state index contributed by atoms with van der Waals surface area (Å²) in [6.45, 7) is 4.87. The number of aryl methyl sites for hydroxylation is 2. The summed E-state index contributed by atoms with van der Waals surface area (Å²) in [5, 5.41) is 6.11. The van der Waals surface area contributed by atoms with Crippen LogP contribution in [-0.2, 0) is 18.4 Å². The predicted octanol–water partition coefficient (Wildman–Crippen LogP) is 1.49. The molecule has 2 aromatic rings. The maximum atomic E-state index is 5.44. The van der Waals surface area contributed by atoms with Gasteiger partial charge in [-0.15, -0.1) is 0 Å². The molecule has 0 bridgehead atoms. The average Bonchev–Trinajstić information content (AvgIpc) is 2.74. The molecule has 3 N–H and O–H groups in total. The minimum atomic E-state index is 0.365. The van der Waals surface area contributed by atoms with Gasteiger partial charge in [-0.1, -0.05) is 11.8 Å². The van der Waals surface area contributed by atoms with Gasteiger partial charge in [0.1, 0.15) is 22.5 Å². The second-order valence-corrected chi connectivity index (χ2v) is 5.18. The van der Waals surface area contributed by atoms with E-state index in [4.69, 9.17) is 10.6 Å². The van der Waals surface area contributed by atoms with E-state index in [9.17, 15) is 0 Å². The number of aromatic nitrogens is 4. The lowest BCUT2D eigenvalue weighted by Gasteiger charge is -2.07. The molecule has 0 radical (unpaired) electrons. The monoisotopic (exact) mass is 294 g/mol. The molecule has 0 atom stereocenters. The topological polar surface area (TPSA) is 90.9 Å². The molecule has 0 unspecified atom stereocenters. The van der Waals surface area contributed by atoms with Gasteiger partial charge in [0.05, 0.1) is 5.69 Å². The highest BCUT2D eigenvalue weighted by Crippen LogP contribution is 2.27. The van der Waals surface area contributed by atoms with Gasteiger partial charge in [-0.3, -0.25) is 4.68 Å². The lowest BCUT2D eigenvalue weighted by molar-refractivity contribution is 0.128. The zero-order chi connectivity index (χ0) is 14.5. The minimum absolute atomic E-state index is 0.365. The van der Waals surface area contributed by atoms with Gasteiger partial charge in [-0.25, -0.2) is 15.8 Å². The van der Waals surface area contributed by atoms with Crippen molar-refractivity contribution >= 4 is 17.6 Å². The molecule has 0 aliphatic heterocycles. The summed E-state index contributed by atoms with van der Waals surface area (Å²) in [5.74, 6) is 6.60. The molecule has 7 nitrogen and oxygen atoms in total. The lowest BCUT2D eigenvalue weighted by Crippen LogP contribution is -2.11. The highest BCUT2D eigenvalue weighted by atomic mass is 32.2. The van der Waals surface area contributed by atoms with Crippen LogP contribution in [0.3, 0.4) is 0 Å². The van der Waals surface area contributed by atoms with Crippen molar-refractivity contribution in [2.24, 2.45) is 12.9 Å². The maximum Gasteiger partial charge on any atom is 0.157 e. The summed E-state index contributed by atoms with van der Waals surface area (Å²) in [6, 6.07) is 3.80. The average molecular weight is 294 g/mol. The van der Waals surface area contributed by atoms with Gasteiger partial charge in [0, 0.05) is 19.7 Å². The summed E-state index contributed by atoms with van der Waals surface area (Å²) in [4.78, 5) is 8.71. The van der Waals surface area contributed by atoms with E-state index >= 15 is 0 Å². The molecule has 2 rings (SSSR count). The van der Waals surface area contributed by atoms with Crippen molar-refractivity contribution in [1.82, 2.24) is 19.7 Å². The third-order valence-electron chi connectivity index (χ3n) is 2.50. The van der Waals surface area contributed by atoms with E-state index in [0.29, 0.717) is 24.9 Å². The number of rotatable bonds is 6. The van der Waals surface area contributed by atoms with E-state index in [2.05, 4.69) is 20.5 Å². The number of nitrogens with zero attached hydrogens (tertiary/aromatic N) is 4. The van der Waals surface area contributed by atoms with Gasteiger partial charge < -0.3 is 10.2 Å². The van der Waals surface area contributed by atoms with Crippen LogP contribution in [0.25, 0.3) is 0 Å². The van der Waals surface area contributed by atoms with Crippen molar-refractivity contribution < 1.29 is 4.74 Å². The number of hydrogen-bond acceptors (Lipinski definition) is 7. The van der Waals surface area contributed by atoms with Gasteiger partial charge in [0.2, 0.25) is 0 Å². The first kappa shape index (κ1) is 14.8. The minimum Gasteiger partial charge on any atom is -0.374 e. The first-order valence-electron chi connectivity index (χ1n) is 6.23. The summed E-state index contributed by atoms with van der Waals surface area (Å²) < 4.78 is 7.15. The lowest BCUT2D eigenvalue weighted by atomic mass is 10.5. The SMILES string of the molecule is CCOCc1nc(NN)cc(Sc2cc(C)nn2C)n1. The van der Waals surface area contributed by atoms with Crippen LogP contribution in [0.5, 0.6) is 0 Å². The second-order valence-electron chi connectivity index (χ2n) is 4.14. The number of hydrazine groups is 1. The van der Waals surface area contributed by atoms with Crippen LogP contribution in [0.15, 0.2) is 22.2 Å². The number of nitrogens with two attached hydrogens (primary N) is 1. The van der Waals surface area contributed by atoms with Gasteiger partial charge in [0.15, 0.2) is 5.82 Å². The van der Waals surface area contributed by atoms with E-state index in [1.807, 2.05) is 31.6 Å². The Hall–Kier alpha value is -1.64. The fraction of sp³-hybridized carbons (Fsp3) is 0.417. The standard InChI is InChI=1S/C12H18N6OS/c1-4-19-7-10-14-9(16-13)6-11(15-10)20-12-5-8(2)17-18(12)3/h5-6H,4,7,13H2,1-3H3,(H,14,15,16). The van der Waals surface area contributed by atoms with Crippen molar-refractivity contribution in [3.8, 4) is 0 Å². The van der Waals surface area contributed by atoms with Crippen LogP contribution in [0, 0.1) is 6.92 Å². The molecule has 0 aliphatic rings. The van der Waals surface area contributed by atoms with Crippen LogP contribution in [0.4, 0.5) is 5.82 Å². The molecule has 8 heteroatoms. The molecule has 0 aromatic carbocycles. The molecule has 0 fully saturated rings. The molecule has 2 heterocycles. The quantitative estimate of drug-likeness (QED) is 0.474. The number of nitrogens with one attached hydrogen (secondary N) is 1. The van der Waals surface area contributed by atoms with Crippen molar-refractivity contribution in [2.45, 2.75) is 30.5 Å². The number of nitrogen functional groups attached to an aromatic ring is 1.